The topological polar surface area (TPSA) is 117 Å². The summed E-state index contributed by atoms with van der Waals surface area (Å²) in [6.45, 7) is 5.93. The number of carboxylic acids is 1. The van der Waals surface area contributed by atoms with E-state index in [1.807, 2.05) is 0 Å². The van der Waals surface area contributed by atoms with Gasteiger partial charge in [-0.25, -0.2) is 13.4 Å². The van der Waals surface area contributed by atoms with E-state index < -0.39 is 21.9 Å². The zero-order valence-electron chi connectivity index (χ0n) is 15.2. The number of hydrogen-bond acceptors (Lipinski definition) is 6. The summed E-state index contributed by atoms with van der Waals surface area (Å²) in [4.78, 5) is 28.0. The number of aryl methyl sites for hydroxylation is 1. The largest absolute Gasteiger partial charge is 0.481 e. The highest BCUT2D eigenvalue weighted by molar-refractivity contribution is 7.89. The van der Waals surface area contributed by atoms with Crippen molar-refractivity contribution >= 4 is 38.4 Å². The molecular formula is C17H21N3O5S2. The van der Waals surface area contributed by atoms with Crippen LogP contribution < -0.4 is 5.32 Å². The first-order chi connectivity index (χ1) is 12.7. The fraction of sp³-hybridized carbons (Fsp3) is 0.353. The first-order valence-electron chi connectivity index (χ1n) is 8.28. The van der Waals surface area contributed by atoms with E-state index in [0.717, 1.165) is 11.3 Å². The van der Waals surface area contributed by atoms with Crippen LogP contribution in [0.3, 0.4) is 0 Å². The third kappa shape index (κ3) is 4.90. The van der Waals surface area contributed by atoms with Crippen LogP contribution in [0, 0.1) is 6.92 Å². The van der Waals surface area contributed by atoms with E-state index in [0.29, 0.717) is 28.8 Å². The Bertz CT molecular complexity index is 932. The van der Waals surface area contributed by atoms with Gasteiger partial charge in [0.25, 0.3) is 5.91 Å². The van der Waals surface area contributed by atoms with Crippen molar-refractivity contribution in [2.24, 2.45) is 0 Å². The number of amides is 1. The Hall–Kier alpha value is -2.30. The molecule has 1 heterocycles. The van der Waals surface area contributed by atoms with E-state index in [2.05, 4.69) is 10.3 Å². The van der Waals surface area contributed by atoms with E-state index in [1.54, 1.807) is 20.8 Å². The number of rotatable bonds is 8. The summed E-state index contributed by atoms with van der Waals surface area (Å²) >= 11 is 1.10. The fourth-order valence-electron chi connectivity index (χ4n) is 2.44. The Morgan fingerprint density at radius 2 is 1.78 bits per heavy atom. The number of thiazole rings is 1. The summed E-state index contributed by atoms with van der Waals surface area (Å²) in [5.41, 5.74) is 0.833. The number of sulfonamides is 1. The maximum atomic E-state index is 12.5. The van der Waals surface area contributed by atoms with Crippen molar-refractivity contribution in [1.29, 1.82) is 0 Å². The Kier molecular flexibility index (Phi) is 6.68. The van der Waals surface area contributed by atoms with E-state index >= 15 is 0 Å². The van der Waals surface area contributed by atoms with Gasteiger partial charge in [0.1, 0.15) is 0 Å². The van der Waals surface area contributed by atoms with Crippen molar-refractivity contribution in [3.8, 4) is 0 Å². The molecule has 1 aromatic heterocycles. The van der Waals surface area contributed by atoms with Gasteiger partial charge in [-0.05, 0) is 31.2 Å². The van der Waals surface area contributed by atoms with Gasteiger partial charge < -0.3 is 5.11 Å². The van der Waals surface area contributed by atoms with Crippen LogP contribution in [0.25, 0.3) is 0 Å². The fourth-order valence-corrected chi connectivity index (χ4v) is 4.85. The molecule has 0 saturated heterocycles. The maximum Gasteiger partial charge on any atom is 0.308 e. The second-order valence-corrected chi connectivity index (χ2v) is 8.69. The number of carbonyl (C=O) groups excluding carboxylic acids is 1. The molecular weight excluding hydrogens is 390 g/mol. The van der Waals surface area contributed by atoms with Crippen molar-refractivity contribution in [2.75, 3.05) is 18.4 Å². The maximum absolute atomic E-state index is 12.5. The Balaban J connectivity index is 2.15. The van der Waals surface area contributed by atoms with Crippen LogP contribution in [-0.4, -0.2) is 47.8 Å². The minimum absolute atomic E-state index is 0.122. The Labute approximate surface area is 161 Å². The van der Waals surface area contributed by atoms with Gasteiger partial charge in [-0.3, -0.25) is 14.9 Å². The number of benzene rings is 1. The van der Waals surface area contributed by atoms with E-state index in [1.165, 1.54) is 28.6 Å². The lowest BCUT2D eigenvalue weighted by atomic mass is 10.2. The third-order valence-electron chi connectivity index (χ3n) is 3.88. The molecule has 0 aliphatic rings. The number of nitrogens with one attached hydrogen (secondary N) is 1. The molecule has 0 saturated carbocycles. The molecule has 0 unspecified atom stereocenters. The van der Waals surface area contributed by atoms with Gasteiger partial charge in [0.2, 0.25) is 10.0 Å². The number of anilines is 1. The number of nitrogens with zero attached hydrogens (tertiary/aromatic N) is 2. The highest BCUT2D eigenvalue weighted by Gasteiger charge is 2.22. The molecule has 2 N–H and O–H groups in total. The second-order valence-electron chi connectivity index (χ2n) is 5.67. The molecule has 0 radical (unpaired) electrons. The van der Waals surface area contributed by atoms with Crippen molar-refractivity contribution < 1.29 is 23.1 Å². The summed E-state index contributed by atoms with van der Waals surface area (Å²) < 4.78 is 26.3. The number of aromatic nitrogens is 1. The average Bonchev–Trinajstić information content (AvgIpc) is 2.94. The summed E-state index contributed by atoms with van der Waals surface area (Å²) in [6.07, 6.45) is -0.155. The molecule has 1 amide bonds. The number of carboxylic acid groups (broad SMARTS) is 1. The highest BCUT2D eigenvalue weighted by atomic mass is 32.2. The van der Waals surface area contributed by atoms with Crippen LogP contribution in [0.2, 0.25) is 0 Å². The SMILES string of the molecule is CCN(CC)S(=O)(=O)c1ccc(C(=O)Nc2nc(C)c(CC(=O)O)s2)cc1. The molecule has 0 aliphatic carbocycles. The zero-order valence-corrected chi connectivity index (χ0v) is 16.9. The molecule has 10 heteroatoms. The summed E-state index contributed by atoms with van der Waals surface area (Å²) in [7, 11) is -3.58. The van der Waals surface area contributed by atoms with Crippen LogP contribution in [0.4, 0.5) is 5.13 Å². The first-order valence-corrected chi connectivity index (χ1v) is 10.5. The standard InChI is InChI=1S/C17H21N3O5S2/c1-4-20(5-2)27(24,25)13-8-6-12(7-9-13)16(23)19-17-18-11(3)14(26-17)10-15(21)22/h6-9H,4-5,10H2,1-3H3,(H,21,22)(H,18,19,23). The van der Waals surface area contributed by atoms with Gasteiger partial charge in [-0.2, -0.15) is 4.31 Å². The van der Waals surface area contributed by atoms with Crippen LogP contribution >= 0.6 is 11.3 Å². The van der Waals surface area contributed by atoms with Crippen molar-refractivity contribution in [1.82, 2.24) is 9.29 Å². The van der Waals surface area contributed by atoms with Crippen LogP contribution in [-0.2, 0) is 21.2 Å². The van der Waals surface area contributed by atoms with Crippen LogP contribution in [0.5, 0.6) is 0 Å². The molecule has 0 bridgehead atoms. The smallest absolute Gasteiger partial charge is 0.308 e. The van der Waals surface area contributed by atoms with Crippen molar-refractivity contribution in [3.63, 3.8) is 0 Å². The quantitative estimate of drug-likeness (QED) is 0.689. The highest BCUT2D eigenvalue weighted by Crippen LogP contribution is 2.24. The Morgan fingerprint density at radius 3 is 2.30 bits per heavy atom. The number of carbonyl (C=O) groups is 2. The molecule has 0 fully saturated rings. The molecule has 2 rings (SSSR count). The van der Waals surface area contributed by atoms with Gasteiger partial charge in [0.15, 0.2) is 5.13 Å². The summed E-state index contributed by atoms with van der Waals surface area (Å²) in [5, 5.41) is 11.8. The molecule has 2 aromatic rings. The van der Waals surface area contributed by atoms with Gasteiger partial charge in [-0.1, -0.05) is 13.8 Å². The summed E-state index contributed by atoms with van der Waals surface area (Å²) in [5.74, 6) is -1.41. The van der Waals surface area contributed by atoms with E-state index in [9.17, 15) is 18.0 Å². The minimum Gasteiger partial charge on any atom is -0.481 e. The van der Waals surface area contributed by atoms with Gasteiger partial charge >= 0.3 is 5.97 Å². The van der Waals surface area contributed by atoms with Crippen molar-refractivity contribution in [2.45, 2.75) is 32.1 Å². The lowest BCUT2D eigenvalue weighted by Gasteiger charge is -2.18. The monoisotopic (exact) mass is 411 g/mol. The first kappa shape index (κ1) is 21.0. The third-order valence-corrected chi connectivity index (χ3v) is 7.02. The van der Waals surface area contributed by atoms with Gasteiger partial charge in [0.05, 0.1) is 17.0 Å². The van der Waals surface area contributed by atoms with Crippen LogP contribution in [0.1, 0.15) is 34.8 Å². The molecule has 8 nitrogen and oxygen atoms in total. The average molecular weight is 412 g/mol. The normalized spacial score (nSPS) is 11.6. The molecule has 0 atom stereocenters. The predicted octanol–water partition coefficient (Wildman–Crippen LogP) is 2.36. The summed E-state index contributed by atoms with van der Waals surface area (Å²) in [6, 6.07) is 5.66. The molecule has 146 valence electrons. The number of aliphatic carboxylic acids is 1. The van der Waals surface area contributed by atoms with Gasteiger partial charge in [-0.15, -0.1) is 11.3 Å². The number of hydrogen-bond donors (Lipinski definition) is 2. The molecule has 0 aliphatic heterocycles. The second kappa shape index (κ2) is 8.59. The zero-order chi connectivity index (χ0) is 20.2. The van der Waals surface area contributed by atoms with E-state index in [4.69, 9.17) is 5.11 Å². The molecule has 0 spiro atoms. The lowest BCUT2D eigenvalue weighted by molar-refractivity contribution is -0.136. The lowest BCUT2D eigenvalue weighted by Crippen LogP contribution is -2.30. The Morgan fingerprint density at radius 1 is 1.19 bits per heavy atom. The molecule has 1 aromatic carbocycles. The predicted molar refractivity (Wildman–Crippen MR) is 103 cm³/mol. The van der Waals surface area contributed by atoms with Gasteiger partial charge in [0, 0.05) is 23.5 Å². The van der Waals surface area contributed by atoms with Crippen LogP contribution in [0.15, 0.2) is 29.2 Å². The minimum atomic E-state index is -3.58. The van der Waals surface area contributed by atoms with Crippen molar-refractivity contribution in [3.05, 3.63) is 40.4 Å². The molecule has 27 heavy (non-hydrogen) atoms. The van der Waals surface area contributed by atoms with E-state index in [-0.39, 0.29) is 16.9 Å².